The van der Waals surface area contributed by atoms with Crippen molar-refractivity contribution in [2.24, 2.45) is 0 Å². The quantitative estimate of drug-likeness (QED) is 0.173. The Morgan fingerprint density at radius 1 is 0.829 bits per heavy atom. The number of nitrogens with one attached hydrogen (secondary N) is 1. The van der Waals surface area contributed by atoms with Crippen molar-refractivity contribution in [3.8, 4) is 0 Å². The molecular formula is C18H26N6O11. The molecule has 0 spiro atoms. The van der Waals surface area contributed by atoms with Crippen molar-refractivity contribution in [1.29, 1.82) is 0 Å². The first-order valence-corrected chi connectivity index (χ1v) is 10.2. The summed E-state index contributed by atoms with van der Waals surface area (Å²) in [7, 11) is 0. The number of hydrogen-bond acceptors (Lipinski definition) is 15. The number of rotatable bonds is 5. The molecule has 10 N–H and O–H groups in total. The van der Waals surface area contributed by atoms with E-state index in [2.05, 4.69) is 9.97 Å². The number of nitrogens with zero attached hydrogens (tertiary/aromatic N) is 4. The highest BCUT2D eigenvalue weighted by molar-refractivity contribution is 5.28. The second-order valence-electron chi connectivity index (χ2n) is 7.61. The average Bonchev–Trinajstić information content (AvgIpc) is 3.29. The number of ether oxygens (including phenoxy) is 2. The third-order valence-electron chi connectivity index (χ3n) is 5.38. The maximum absolute atomic E-state index is 11.6. The lowest BCUT2D eigenvalue weighted by Gasteiger charge is -2.16. The lowest BCUT2D eigenvalue weighted by atomic mass is 10.1. The van der Waals surface area contributed by atoms with Gasteiger partial charge in [0.1, 0.15) is 42.4 Å². The zero-order valence-corrected chi connectivity index (χ0v) is 18.0. The van der Waals surface area contributed by atoms with Crippen LogP contribution in [0.25, 0.3) is 0 Å². The van der Waals surface area contributed by atoms with Crippen LogP contribution in [0.2, 0.25) is 0 Å². The van der Waals surface area contributed by atoms with E-state index in [1.807, 2.05) is 0 Å². The standard InChI is InChI=1S/C9H13N3O6.C9H13N3O5/c13-3-4-6(14)7(15)8(18-4)12-2-1-5(11-17)10-9(12)16;10-5-1-2-12(9(16)11-5)8-7(15)6(14)4(3-13)17-8/h1-2,4,6-8,13-15,17H,3H2,(H,10,11,16);1-2,4,6-8,13-15H,3H2,(H2,10,11,16)/t2*4-,6?,7+,8-/m00/s1. The maximum atomic E-state index is 11.6. The Bertz CT molecular complexity index is 1110. The summed E-state index contributed by atoms with van der Waals surface area (Å²) < 4.78 is 12.3. The van der Waals surface area contributed by atoms with Crippen molar-refractivity contribution in [2.45, 2.75) is 49.1 Å². The number of aromatic nitrogens is 4. The van der Waals surface area contributed by atoms with Crippen molar-refractivity contribution in [2.75, 3.05) is 24.4 Å². The van der Waals surface area contributed by atoms with Crippen molar-refractivity contribution < 1.29 is 45.3 Å². The number of nitrogens with two attached hydrogens (primary N) is 1. The van der Waals surface area contributed by atoms with E-state index in [0.29, 0.717) is 0 Å². The number of aliphatic hydroxyl groups excluding tert-OH is 6. The summed E-state index contributed by atoms with van der Waals surface area (Å²) in [5.41, 5.74) is 5.56. The minimum Gasteiger partial charge on any atom is -0.394 e. The number of aliphatic hydroxyl groups is 6. The van der Waals surface area contributed by atoms with Crippen LogP contribution >= 0.6 is 0 Å². The van der Waals surface area contributed by atoms with Gasteiger partial charge in [-0.3, -0.25) is 19.8 Å². The van der Waals surface area contributed by atoms with Gasteiger partial charge < -0.3 is 45.8 Å². The molecule has 0 saturated carbocycles. The molecular weight excluding hydrogens is 476 g/mol. The van der Waals surface area contributed by atoms with Gasteiger partial charge >= 0.3 is 11.4 Å². The van der Waals surface area contributed by atoms with E-state index in [1.165, 1.54) is 24.5 Å². The summed E-state index contributed by atoms with van der Waals surface area (Å²) in [6, 6.07) is 2.66. The fourth-order valence-electron chi connectivity index (χ4n) is 3.51. The van der Waals surface area contributed by atoms with Gasteiger partial charge in [-0.2, -0.15) is 9.97 Å². The normalized spacial score (nSPS) is 32.2. The van der Waals surface area contributed by atoms with Gasteiger partial charge in [0.15, 0.2) is 18.3 Å². The van der Waals surface area contributed by atoms with Gasteiger partial charge in [0.05, 0.1) is 13.2 Å². The van der Waals surface area contributed by atoms with E-state index in [-0.39, 0.29) is 11.6 Å². The Hall–Kier alpha value is -3.00. The molecule has 2 unspecified atom stereocenters. The first-order chi connectivity index (χ1) is 16.6. The molecule has 4 heterocycles. The van der Waals surface area contributed by atoms with Gasteiger partial charge in [0.2, 0.25) is 0 Å². The Labute approximate surface area is 195 Å². The first-order valence-electron chi connectivity index (χ1n) is 10.2. The van der Waals surface area contributed by atoms with E-state index in [0.717, 1.165) is 9.13 Å². The van der Waals surface area contributed by atoms with Crippen LogP contribution in [0.5, 0.6) is 0 Å². The van der Waals surface area contributed by atoms with Crippen LogP contribution in [0.15, 0.2) is 34.1 Å². The van der Waals surface area contributed by atoms with Gasteiger partial charge in [0.25, 0.3) is 0 Å². The van der Waals surface area contributed by atoms with Gasteiger partial charge in [-0.15, -0.1) is 0 Å². The van der Waals surface area contributed by atoms with Crippen molar-refractivity contribution in [1.82, 2.24) is 19.1 Å². The minimum atomic E-state index is -1.35. The highest BCUT2D eigenvalue weighted by Crippen LogP contribution is 2.29. The molecule has 35 heavy (non-hydrogen) atoms. The Morgan fingerprint density at radius 2 is 1.29 bits per heavy atom. The summed E-state index contributed by atoms with van der Waals surface area (Å²) >= 11 is 0. The van der Waals surface area contributed by atoms with Crippen LogP contribution in [0.4, 0.5) is 11.6 Å². The van der Waals surface area contributed by atoms with Crippen LogP contribution in [-0.2, 0) is 9.47 Å². The van der Waals surface area contributed by atoms with Crippen LogP contribution < -0.4 is 22.6 Å². The topological polar surface area (TPSA) is 268 Å². The second-order valence-corrected chi connectivity index (χ2v) is 7.61. The fraction of sp³-hybridized carbons (Fsp3) is 0.556. The van der Waals surface area contributed by atoms with Crippen LogP contribution in [0.1, 0.15) is 12.5 Å². The first kappa shape index (κ1) is 26.6. The smallest absolute Gasteiger partial charge is 0.351 e. The molecule has 17 nitrogen and oxygen atoms in total. The summed E-state index contributed by atoms with van der Waals surface area (Å²) in [5, 5.41) is 64.9. The number of nitrogen functional groups attached to an aromatic ring is 1. The average molecular weight is 502 g/mol. The predicted molar refractivity (Wildman–Crippen MR) is 113 cm³/mol. The second kappa shape index (κ2) is 11.2. The monoisotopic (exact) mass is 502 g/mol. The zero-order chi connectivity index (χ0) is 25.9. The Balaban J connectivity index is 0.000000196. The van der Waals surface area contributed by atoms with Gasteiger partial charge in [0, 0.05) is 12.4 Å². The lowest BCUT2D eigenvalue weighted by Crippen LogP contribution is -2.36. The molecule has 0 radical (unpaired) electrons. The SMILES string of the molecule is Nc1ccn([C@H]2O[C@@H](CO)C(O)[C@H]2O)c(=O)n1.O=c1nc(NO)ccn1[C@H]1O[C@@H](CO)C(O)[C@H]1O. The third-order valence-corrected chi connectivity index (χ3v) is 5.38. The summed E-state index contributed by atoms with van der Waals surface area (Å²) in [4.78, 5) is 30.0. The van der Waals surface area contributed by atoms with Gasteiger partial charge in [-0.1, -0.05) is 0 Å². The molecule has 0 aromatic carbocycles. The molecule has 0 bridgehead atoms. The Kier molecular flexibility index (Phi) is 8.48. The van der Waals surface area contributed by atoms with Crippen LogP contribution in [0.3, 0.4) is 0 Å². The third kappa shape index (κ3) is 5.48. The van der Waals surface area contributed by atoms with E-state index >= 15 is 0 Å². The Morgan fingerprint density at radius 3 is 1.66 bits per heavy atom. The molecule has 194 valence electrons. The summed E-state index contributed by atoms with van der Waals surface area (Å²) in [5.74, 6) is 0.000914. The molecule has 2 aliphatic rings. The molecule has 2 fully saturated rings. The fourth-order valence-corrected chi connectivity index (χ4v) is 3.51. The van der Waals surface area contributed by atoms with Gasteiger partial charge in [-0.05, 0) is 12.1 Å². The highest BCUT2D eigenvalue weighted by Gasteiger charge is 2.44. The molecule has 2 aromatic heterocycles. The van der Waals surface area contributed by atoms with Crippen molar-refractivity contribution in [3.63, 3.8) is 0 Å². The molecule has 0 amide bonds. The summed E-state index contributed by atoms with van der Waals surface area (Å²) in [6.45, 7) is -0.931. The van der Waals surface area contributed by atoms with Crippen molar-refractivity contribution >= 4 is 11.6 Å². The summed E-state index contributed by atoms with van der Waals surface area (Å²) in [6.07, 6.45) is -6.76. The molecule has 2 aromatic rings. The molecule has 4 rings (SSSR count). The molecule has 8 atom stereocenters. The van der Waals surface area contributed by atoms with E-state index in [1.54, 1.807) is 5.48 Å². The van der Waals surface area contributed by atoms with E-state index in [9.17, 15) is 30.0 Å². The lowest BCUT2D eigenvalue weighted by molar-refractivity contribution is -0.0549. The predicted octanol–water partition coefficient (Wildman–Crippen LogP) is -4.91. The van der Waals surface area contributed by atoms with Crippen molar-refractivity contribution in [3.05, 3.63) is 45.5 Å². The minimum absolute atomic E-state index is 0.0528. The highest BCUT2D eigenvalue weighted by atomic mass is 16.6. The van der Waals surface area contributed by atoms with E-state index < -0.39 is 73.7 Å². The molecule has 17 heteroatoms. The largest absolute Gasteiger partial charge is 0.394 e. The number of anilines is 2. The maximum Gasteiger partial charge on any atom is 0.351 e. The molecule has 0 aliphatic carbocycles. The van der Waals surface area contributed by atoms with Gasteiger partial charge in [-0.25, -0.2) is 9.59 Å². The van der Waals surface area contributed by atoms with Crippen LogP contribution in [0, 0.1) is 0 Å². The van der Waals surface area contributed by atoms with E-state index in [4.69, 9.17) is 30.6 Å². The zero-order valence-electron chi connectivity index (χ0n) is 18.0. The number of hydrogen-bond donors (Lipinski definition) is 9. The molecule has 2 saturated heterocycles. The molecule has 2 aliphatic heterocycles. The van der Waals surface area contributed by atoms with Crippen LogP contribution in [-0.4, -0.2) is 105 Å².